The first kappa shape index (κ1) is 86.4. The number of hydrogen-bond acceptors (Lipinski definition) is 14. The van der Waals surface area contributed by atoms with Crippen LogP contribution in [0.4, 0.5) is 0 Å². The number of amides is 2. The monoisotopic (exact) mass is 1560 g/mol. The molecule has 10 nitrogen and oxygen atoms in total. The smallest absolute Gasteiger partial charge is 0.399 e. The number of hydrogen-bond donors (Lipinski definition) is 0. The molecule has 2 atom stereocenters. The average molecular weight is 1560 g/mol. The maximum atomic E-state index is 16.1. The molecule has 18 heteroatoms. The van der Waals surface area contributed by atoms with Crippen LogP contribution in [0.2, 0.25) is 0 Å². The van der Waals surface area contributed by atoms with Gasteiger partial charge in [-0.3, -0.25) is 9.59 Å². The Labute approximate surface area is 667 Å². The van der Waals surface area contributed by atoms with Crippen LogP contribution in [-0.4, -0.2) is 81.3 Å². The van der Waals surface area contributed by atoms with Gasteiger partial charge in [-0.05, 0) is 128 Å². The summed E-state index contributed by atoms with van der Waals surface area (Å²) in [5.41, 5.74) is 1.50. The molecule has 0 saturated carbocycles. The van der Waals surface area contributed by atoms with E-state index < -0.39 is 0 Å². The van der Waals surface area contributed by atoms with Crippen molar-refractivity contribution in [3.63, 3.8) is 0 Å². The fourth-order valence-electron chi connectivity index (χ4n) is 15.3. The van der Waals surface area contributed by atoms with Crippen molar-refractivity contribution in [1.29, 1.82) is 0 Å². The number of unbranched alkanes of at least 4 members (excludes halogenated alkanes) is 32. The summed E-state index contributed by atoms with van der Waals surface area (Å²) < 4.78 is 26.6. The van der Waals surface area contributed by atoms with Gasteiger partial charge in [-0.25, -0.2) is 9.97 Å². The van der Waals surface area contributed by atoms with Gasteiger partial charge in [0.2, 0.25) is 0 Å². The molecule has 10 heterocycles. The zero-order chi connectivity index (χ0) is 75.4. The van der Waals surface area contributed by atoms with Crippen molar-refractivity contribution in [3.05, 3.63) is 92.6 Å². The SMILES string of the molecule is CC1(C)OB(c2ccc(B3OC(C)(C)C(C)(C)O3)s2)OC1(C)C.CCCCCCCCCCCCC(CCCCCCCCCC)CN1C(=O)C2=C(c3cnc(-c4ccc(-c5cccs5)s4)s3)N(CC(CCCCCCCCCC)CCCCCCCCCCCC)C(=O)C2=C1c1cnc(-c2cccs2)s1. The fourth-order valence-corrected chi connectivity index (χ4v) is 20.9. The number of fused-ring (bicyclic) bond motifs is 1. The van der Waals surface area contributed by atoms with E-state index in [-0.39, 0.29) is 48.5 Å². The van der Waals surface area contributed by atoms with Crippen LogP contribution in [0.15, 0.2) is 82.8 Å². The number of carbonyl (C=O) groups is 2. The molecule has 4 aliphatic rings. The molecule has 0 radical (unpaired) electrons. The third-order valence-corrected chi connectivity index (χ3v) is 29.8. The highest BCUT2D eigenvalue weighted by atomic mass is 32.1. The normalized spacial score (nSPS) is 17.3. The van der Waals surface area contributed by atoms with E-state index in [2.05, 4.69) is 140 Å². The molecule has 10 rings (SSSR count). The van der Waals surface area contributed by atoms with Gasteiger partial charge in [-0.15, -0.1) is 56.7 Å². The van der Waals surface area contributed by atoms with Crippen molar-refractivity contribution < 1.29 is 28.2 Å². The van der Waals surface area contributed by atoms with Crippen LogP contribution in [-0.2, 0) is 28.2 Å². The molecule has 0 aliphatic carbocycles. The zero-order valence-corrected chi connectivity index (χ0v) is 72.5. The lowest BCUT2D eigenvalue weighted by Crippen LogP contribution is -2.41. The second-order valence-electron chi connectivity index (χ2n) is 33.1. The number of nitrogens with zero attached hydrogens (tertiary/aromatic N) is 4. The van der Waals surface area contributed by atoms with E-state index in [4.69, 9.17) is 28.6 Å². The predicted octanol–water partition coefficient (Wildman–Crippen LogP) is 26.9. The minimum atomic E-state index is -0.332. The van der Waals surface area contributed by atoms with Crippen molar-refractivity contribution >= 4 is 115 Å². The van der Waals surface area contributed by atoms with Crippen molar-refractivity contribution in [2.45, 2.75) is 362 Å². The van der Waals surface area contributed by atoms with E-state index in [1.54, 1.807) is 68.0 Å². The highest BCUT2D eigenvalue weighted by Crippen LogP contribution is 2.51. The summed E-state index contributed by atoms with van der Waals surface area (Å²) in [6.07, 6.45) is 55.4. The second kappa shape index (κ2) is 44.0. The summed E-state index contributed by atoms with van der Waals surface area (Å²) >= 11 is 10.2. The summed E-state index contributed by atoms with van der Waals surface area (Å²) in [5.74, 6) is 0.695. The Morgan fingerprint density at radius 2 is 0.651 bits per heavy atom. The number of rotatable bonds is 51. The second-order valence-corrected chi connectivity index (χ2v) is 39.3. The lowest BCUT2D eigenvalue weighted by atomic mass is 9.86. The third kappa shape index (κ3) is 24.7. The van der Waals surface area contributed by atoms with Crippen LogP contribution in [0, 0.1) is 11.8 Å². The third-order valence-electron chi connectivity index (χ3n) is 23.3. The average Bonchev–Trinajstić information content (AvgIpc) is 1.55. The molecule has 0 aromatic carbocycles. The minimum absolute atomic E-state index is 0.00343. The van der Waals surface area contributed by atoms with Crippen molar-refractivity contribution in [2.75, 3.05) is 13.1 Å². The number of aromatic nitrogens is 2. The molecule has 2 saturated heterocycles. The van der Waals surface area contributed by atoms with Crippen LogP contribution in [0.3, 0.4) is 0 Å². The summed E-state index contributed by atoms with van der Waals surface area (Å²) in [4.78, 5) is 53.1. The highest BCUT2D eigenvalue weighted by molar-refractivity contribution is 7.30. The van der Waals surface area contributed by atoms with Gasteiger partial charge in [0.1, 0.15) is 10.0 Å². The van der Waals surface area contributed by atoms with E-state index >= 15 is 9.59 Å². The van der Waals surface area contributed by atoms with Gasteiger partial charge in [0.15, 0.2) is 0 Å². The number of thiazole rings is 2. The zero-order valence-electron chi connectivity index (χ0n) is 67.6. The first-order valence-corrected chi connectivity index (χ1v) is 47.4. The molecule has 0 bridgehead atoms. The highest BCUT2D eigenvalue weighted by Gasteiger charge is 2.55. The Balaban J connectivity index is 0.000000475. The Bertz CT molecular complexity index is 3500. The Kier molecular flexibility index (Phi) is 35.9. The molecule has 106 heavy (non-hydrogen) atoms. The van der Waals surface area contributed by atoms with Gasteiger partial charge in [-0.1, -0.05) is 283 Å². The molecule has 4 aliphatic heterocycles. The predicted molar refractivity (Wildman–Crippen MR) is 462 cm³/mol. The molecule has 2 fully saturated rings. The van der Waals surface area contributed by atoms with Crippen LogP contribution in [0.5, 0.6) is 0 Å². The molecular formula is C88H134B2N4O6S6. The lowest BCUT2D eigenvalue weighted by Gasteiger charge is -2.32. The molecule has 0 spiro atoms. The van der Waals surface area contributed by atoms with Crippen molar-refractivity contribution in [3.8, 4) is 29.5 Å². The largest absolute Gasteiger partial charge is 0.505 e. The van der Waals surface area contributed by atoms with Crippen LogP contribution < -0.4 is 9.55 Å². The fraction of sp³-hybridized carbons (Fsp3) is 0.682. The van der Waals surface area contributed by atoms with Crippen LogP contribution in [0.1, 0.15) is 350 Å². The maximum absolute atomic E-state index is 16.1. The van der Waals surface area contributed by atoms with E-state index in [0.717, 1.165) is 76.2 Å². The van der Waals surface area contributed by atoms with Gasteiger partial charge in [0.25, 0.3) is 11.8 Å². The standard InChI is InChI=1S/C72H108N4O2S5.C16H26B2O4S/c1-5-9-13-17-21-25-27-31-35-39-45-57(43-37-33-29-23-19-15-11-7-3)55-75-67(63-53-73-69(82-63)61-48-42-52-80-61)65-66(72(75)78)68(64-54-74-70(83-64)62-50-49-60(81-62)59-47-41-51-79-59)76(71(65)77)56-58(44-38-34-30-24-20-16-12-8-4)46-40-36-32-28-26-22-18-14-10-6-2;1-13(2)14(3,4)20-17(19-13)11-9-10-12(23-11)18-21-15(5,6)16(7,8)22-18/h41-42,47-54,57-58H,5-40,43-46,55-56H2,1-4H3;9-10H,1-8H3. The summed E-state index contributed by atoms with van der Waals surface area (Å²) in [6, 6.07) is 17.0. The molecule has 0 N–H and O–H groups in total. The lowest BCUT2D eigenvalue weighted by molar-refractivity contribution is -0.124. The topological polar surface area (TPSA) is 103 Å². The van der Waals surface area contributed by atoms with Gasteiger partial charge >= 0.3 is 14.2 Å². The van der Waals surface area contributed by atoms with Crippen LogP contribution >= 0.6 is 68.0 Å². The molecular weight excluding hydrogens is 1420 g/mol. The van der Waals surface area contributed by atoms with E-state index in [1.165, 1.54) is 241 Å². The summed E-state index contributed by atoms with van der Waals surface area (Å²) in [7, 11) is -0.664. The van der Waals surface area contributed by atoms with Gasteiger partial charge < -0.3 is 28.4 Å². The maximum Gasteiger partial charge on any atom is 0.505 e. The van der Waals surface area contributed by atoms with Gasteiger partial charge in [0, 0.05) is 44.8 Å². The molecule has 6 aromatic heterocycles. The quantitative estimate of drug-likeness (QED) is 0.0275. The van der Waals surface area contributed by atoms with E-state index in [0.29, 0.717) is 36.1 Å². The van der Waals surface area contributed by atoms with E-state index in [9.17, 15) is 0 Å². The molecule has 6 aromatic rings. The Hall–Kier alpha value is -3.55. The van der Waals surface area contributed by atoms with Crippen LogP contribution in [0.25, 0.3) is 40.9 Å². The van der Waals surface area contributed by atoms with Gasteiger partial charge in [-0.2, -0.15) is 11.3 Å². The minimum Gasteiger partial charge on any atom is -0.399 e. The Morgan fingerprint density at radius 1 is 0.349 bits per heavy atom. The van der Waals surface area contributed by atoms with E-state index in [1.807, 2.05) is 24.5 Å². The van der Waals surface area contributed by atoms with Crippen molar-refractivity contribution in [1.82, 2.24) is 19.8 Å². The first-order chi connectivity index (χ1) is 51.3. The van der Waals surface area contributed by atoms with Crippen molar-refractivity contribution in [2.24, 2.45) is 11.8 Å². The first-order valence-electron chi connectivity index (χ1n) is 42.3. The molecule has 584 valence electrons. The number of thiophene rings is 4. The molecule has 2 amide bonds. The van der Waals surface area contributed by atoms with Gasteiger partial charge in [0.05, 0.1) is 64.5 Å². The summed E-state index contributed by atoms with van der Waals surface area (Å²) in [6.45, 7) is 27.0. The molecule has 2 unspecified atom stereocenters. The number of carbonyl (C=O) groups excluding carboxylic acids is 2. The Morgan fingerprint density at radius 3 is 0.972 bits per heavy atom. The summed E-state index contributed by atoms with van der Waals surface area (Å²) in [5, 5.41) is 6.14.